The fraction of sp³-hybridized carbons (Fsp3) is 0.111. The van der Waals surface area contributed by atoms with Crippen molar-refractivity contribution in [2.45, 2.75) is 12.8 Å². The summed E-state index contributed by atoms with van der Waals surface area (Å²) in [5.41, 5.74) is 5.32. The molecule has 0 aliphatic heterocycles. The van der Waals surface area contributed by atoms with Gasteiger partial charge in [-0.25, -0.2) is 4.68 Å². The molecule has 0 spiro atoms. The van der Waals surface area contributed by atoms with E-state index in [2.05, 4.69) is 16.5 Å². The molecule has 160 valence electrons. The minimum Gasteiger partial charge on any atom is -0.325 e. The highest BCUT2D eigenvalue weighted by Crippen LogP contribution is 2.37. The molecule has 0 saturated carbocycles. The number of nitrogens with one attached hydrogen (secondary N) is 1. The van der Waals surface area contributed by atoms with Crippen LogP contribution >= 0.6 is 0 Å². The molecule has 0 saturated heterocycles. The Labute approximate surface area is 191 Å². The number of Topliss-reactive ketones (excluding diaryl/α,β-unsaturated/α-hetero) is 1. The van der Waals surface area contributed by atoms with E-state index in [1.54, 1.807) is 28.9 Å². The first-order valence-corrected chi connectivity index (χ1v) is 10.7. The van der Waals surface area contributed by atoms with Gasteiger partial charge in [0, 0.05) is 16.8 Å². The van der Waals surface area contributed by atoms with Gasteiger partial charge in [-0.05, 0) is 42.7 Å². The number of benzene rings is 3. The molecule has 33 heavy (non-hydrogen) atoms. The zero-order valence-corrected chi connectivity index (χ0v) is 17.7. The number of aryl methyl sites for hydroxylation is 1. The fourth-order valence-electron chi connectivity index (χ4n) is 4.26. The normalized spacial score (nSPS) is 12.7. The quantitative estimate of drug-likeness (QED) is 0.369. The second-order valence-electron chi connectivity index (χ2n) is 7.86. The molecule has 1 amide bonds. The highest BCUT2D eigenvalue weighted by atomic mass is 16.2. The number of amides is 1. The van der Waals surface area contributed by atoms with Crippen molar-refractivity contribution in [1.29, 1.82) is 5.26 Å². The van der Waals surface area contributed by atoms with E-state index in [0.29, 0.717) is 12.1 Å². The van der Waals surface area contributed by atoms with Crippen LogP contribution in [-0.4, -0.2) is 21.5 Å². The van der Waals surface area contributed by atoms with Crippen LogP contribution in [0.3, 0.4) is 0 Å². The summed E-state index contributed by atoms with van der Waals surface area (Å²) in [5.74, 6) is -2.74. The number of ketones is 1. The van der Waals surface area contributed by atoms with Gasteiger partial charge in [0.25, 0.3) is 0 Å². The van der Waals surface area contributed by atoms with E-state index in [1.807, 2.05) is 60.7 Å². The Hall–Kier alpha value is -4.50. The average Bonchev–Trinajstić information content (AvgIpc) is 3.26. The summed E-state index contributed by atoms with van der Waals surface area (Å²) in [6.45, 7) is 0. The molecule has 5 rings (SSSR count). The van der Waals surface area contributed by atoms with Crippen LogP contribution in [0, 0.1) is 17.2 Å². The van der Waals surface area contributed by atoms with Gasteiger partial charge < -0.3 is 5.32 Å². The molecule has 1 aliphatic rings. The van der Waals surface area contributed by atoms with Crippen molar-refractivity contribution in [1.82, 2.24) is 9.78 Å². The molecule has 6 nitrogen and oxygen atoms in total. The third-order valence-electron chi connectivity index (χ3n) is 5.83. The molecule has 0 bridgehead atoms. The van der Waals surface area contributed by atoms with Gasteiger partial charge in [0.15, 0.2) is 5.92 Å². The van der Waals surface area contributed by atoms with Crippen LogP contribution in [0.25, 0.3) is 16.9 Å². The number of aromatic nitrogens is 2. The molecule has 1 unspecified atom stereocenters. The number of hydrogen-bond donors (Lipinski definition) is 1. The lowest BCUT2D eigenvalue weighted by Gasteiger charge is -2.18. The molecule has 6 heteroatoms. The van der Waals surface area contributed by atoms with Crippen molar-refractivity contribution in [2.75, 3.05) is 5.32 Å². The Bertz CT molecular complexity index is 1380. The maximum Gasteiger partial charge on any atom is 0.249 e. The van der Waals surface area contributed by atoms with E-state index in [1.165, 1.54) is 5.56 Å². The van der Waals surface area contributed by atoms with Gasteiger partial charge in [0.2, 0.25) is 11.7 Å². The molecule has 1 N–H and O–H groups in total. The van der Waals surface area contributed by atoms with Crippen LogP contribution in [0.2, 0.25) is 0 Å². The lowest BCUT2D eigenvalue weighted by Crippen LogP contribution is -2.29. The predicted octanol–water partition coefficient (Wildman–Crippen LogP) is 4.60. The Balaban J connectivity index is 1.59. The highest BCUT2D eigenvalue weighted by molar-refractivity contribution is 6.15. The van der Waals surface area contributed by atoms with Crippen LogP contribution in [-0.2, 0) is 17.6 Å². The Kier molecular flexibility index (Phi) is 5.29. The van der Waals surface area contributed by atoms with Crippen LogP contribution < -0.4 is 5.32 Å². The molecule has 0 fully saturated rings. The molecule has 1 atom stereocenters. The smallest absolute Gasteiger partial charge is 0.249 e. The molecular weight excluding hydrogens is 412 g/mol. The van der Waals surface area contributed by atoms with E-state index < -0.39 is 17.6 Å². The summed E-state index contributed by atoms with van der Waals surface area (Å²) < 4.78 is 1.75. The third-order valence-corrected chi connectivity index (χ3v) is 5.83. The van der Waals surface area contributed by atoms with Crippen LogP contribution in [0.15, 0.2) is 84.9 Å². The van der Waals surface area contributed by atoms with Crippen molar-refractivity contribution in [2.24, 2.45) is 5.92 Å². The van der Waals surface area contributed by atoms with Crippen LogP contribution in [0.5, 0.6) is 0 Å². The maximum absolute atomic E-state index is 13.5. The molecule has 1 aliphatic carbocycles. The van der Waals surface area contributed by atoms with Crippen molar-refractivity contribution < 1.29 is 9.59 Å². The summed E-state index contributed by atoms with van der Waals surface area (Å²) in [6.07, 6.45) is 1.37. The Morgan fingerprint density at radius 3 is 2.30 bits per heavy atom. The van der Waals surface area contributed by atoms with E-state index >= 15 is 0 Å². The molecule has 0 radical (unpaired) electrons. The van der Waals surface area contributed by atoms with Crippen molar-refractivity contribution in [3.63, 3.8) is 0 Å². The number of carbonyl (C=O) groups excluding carboxylic acids is 2. The first-order valence-electron chi connectivity index (χ1n) is 10.7. The SMILES string of the molecule is N#CC(C(=O)Nc1ccccc1)C(=O)c1nn(-c2ccccc2)c2c1CCc1ccccc1-2. The van der Waals surface area contributed by atoms with Crippen molar-refractivity contribution in [3.8, 4) is 23.0 Å². The zero-order chi connectivity index (χ0) is 22.8. The first kappa shape index (κ1) is 20.4. The van der Waals surface area contributed by atoms with Gasteiger partial charge in [-0.2, -0.15) is 10.4 Å². The van der Waals surface area contributed by atoms with Gasteiger partial charge in [-0.3, -0.25) is 9.59 Å². The zero-order valence-electron chi connectivity index (χ0n) is 17.7. The predicted molar refractivity (Wildman–Crippen MR) is 125 cm³/mol. The third kappa shape index (κ3) is 3.70. The number of para-hydroxylation sites is 2. The first-order chi connectivity index (χ1) is 16.2. The lowest BCUT2D eigenvalue weighted by atomic mass is 9.87. The molecule has 3 aromatic carbocycles. The second-order valence-corrected chi connectivity index (χ2v) is 7.86. The maximum atomic E-state index is 13.5. The largest absolute Gasteiger partial charge is 0.325 e. The van der Waals surface area contributed by atoms with Gasteiger partial charge >= 0.3 is 0 Å². The minimum absolute atomic E-state index is 0.179. The van der Waals surface area contributed by atoms with Crippen molar-refractivity contribution in [3.05, 3.63) is 102 Å². The minimum atomic E-state index is -1.49. The number of nitrogens with zero attached hydrogens (tertiary/aromatic N) is 3. The Morgan fingerprint density at radius 1 is 0.909 bits per heavy atom. The number of fused-ring (bicyclic) bond motifs is 3. The van der Waals surface area contributed by atoms with E-state index in [4.69, 9.17) is 0 Å². The summed E-state index contributed by atoms with van der Waals surface area (Å²) in [6, 6.07) is 28.3. The molecule has 1 aromatic heterocycles. The van der Waals surface area contributed by atoms with Gasteiger partial charge in [0.1, 0.15) is 5.69 Å². The fourth-order valence-corrected chi connectivity index (χ4v) is 4.26. The molecule has 4 aromatic rings. The van der Waals surface area contributed by atoms with Gasteiger partial charge in [-0.1, -0.05) is 60.7 Å². The van der Waals surface area contributed by atoms with Gasteiger partial charge in [-0.15, -0.1) is 0 Å². The molecular formula is C27H20N4O2. The number of anilines is 1. The standard InChI is InChI=1S/C27H20N4O2/c28-17-23(27(33)29-19-10-3-1-4-11-19)26(32)24-22-16-15-18-9-7-8-14-21(18)25(22)31(30-24)20-12-5-2-6-13-20/h1-14,23H,15-16H2,(H,29,33). The summed E-state index contributed by atoms with van der Waals surface area (Å²) in [5, 5.41) is 17.0. The Morgan fingerprint density at radius 2 is 1.58 bits per heavy atom. The number of carbonyl (C=O) groups is 2. The van der Waals surface area contributed by atoms with E-state index in [0.717, 1.165) is 28.9 Å². The van der Waals surface area contributed by atoms with E-state index in [-0.39, 0.29) is 5.69 Å². The summed E-state index contributed by atoms with van der Waals surface area (Å²) in [4.78, 5) is 26.3. The lowest BCUT2D eigenvalue weighted by molar-refractivity contribution is -0.117. The molecule has 1 heterocycles. The van der Waals surface area contributed by atoms with Crippen molar-refractivity contribution >= 4 is 17.4 Å². The van der Waals surface area contributed by atoms with Gasteiger partial charge in [0.05, 0.1) is 17.5 Å². The average molecular weight is 432 g/mol. The van der Waals surface area contributed by atoms with Crippen LogP contribution in [0.4, 0.5) is 5.69 Å². The van der Waals surface area contributed by atoms with Crippen LogP contribution in [0.1, 0.15) is 21.6 Å². The number of nitriles is 1. The van der Waals surface area contributed by atoms with E-state index in [9.17, 15) is 14.9 Å². The number of hydrogen-bond acceptors (Lipinski definition) is 4. The summed E-state index contributed by atoms with van der Waals surface area (Å²) in [7, 11) is 0. The highest BCUT2D eigenvalue weighted by Gasteiger charge is 2.35. The topological polar surface area (TPSA) is 87.8 Å². The summed E-state index contributed by atoms with van der Waals surface area (Å²) >= 11 is 0. The second kappa shape index (κ2) is 8.56. The monoisotopic (exact) mass is 432 g/mol. The number of rotatable bonds is 5.